The van der Waals surface area contributed by atoms with E-state index in [1.54, 1.807) is 0 Å². The van der Waals surface area contributed by atoms with Crippen LogP contribution in [0.4, 0.5) is 0 Å². The van der Waals surface area contributed by atoms with Crippen LogP contribution in [0.15, 0.2) is 12.2 Å². The Morgan fingerprint density at radius 1 is 1.33 bits per heavy atom. The van der Waals surface area contributed by atoms with Gasteiger partial charge in [0.05, 0.1) is 12.5 Å². The minimum absolute atomic E-state index is 0.0181. The first-order valence-corrected chi connectivity index (χ1v) is 5.89. The zero-order chi connectivity index (χ0) is 10.9. The molecule has 0 saturated heterocycles. The van der Waals surface area contributed by atoms with Gasteiger partial charge in [0.1, 0.15) is 0 Å². The minimum atomic E-state index is -0.221. The number of allylic oxidation sites excluding steroid dienone is 2. The van der Waals surface area contributed by atoms with Crippen molar-refractivity contribution in [3.05, 3.63) is 12.2 Å². The molecule has 2 heteroatoms. The molecule has 2 aliphatic rings. The normalized spacial score (nSPS) is 39.6. The second-order valence-corrected chi connectivity index (χ2v) is 5.26. The first kappa shape index (κ1) is 10.7. The molecule has 0 aromatic heterocycles. The molecule has 84 valence electrons. The Morgan fingerprint density at radius 2 is 2.00 bits per heavy atom. The van der Waals surface area contributed by atoms with E-state index in [2.05, 4.69) is 19.1 Å². The van der Waals surface area contributed by atoms with Gasteiger partial charge in [0, 0.05) is 0 Å². The van der Waals surface area contributed by atoms with Crippen LogP contribution in [0.5, 0.6) is 0 Å². The lowest BCUT2D eigenvalue weighted by atomic mass is 9.63. The summed E-state index contributed by atoms with van der Waals surface area (Å²) in [5, 5.41) is 0. The van der Waals surface area contributed by atoms with Crippen LogP contribution in [0.2, 0.25) is 0 Å². The first-order chi connectivity index (χ1) is 7.15. The van der Waals surface area contributed by atoms with Crippen LogP contribution in [0.1, 0.15) is 39.0 Å². The number of carbonyl (C=O) groups is 1. The summed E-state index contributed by atoms with van der Waals surface area (Å²) < 4.78 is 4.92. The van der Waals surface area contributed by atoms with Gasteiger partial charge in [-0.1, -0.05) is 12.2 Å². The summed E-state index contributed by atoms with van der Waals surface area (Å²) in [4.78, 5) is 11.7. The molecule has 2 rings (SSSR count). The number of rotatable bonds is 1. The van der Waals surface area contributed by atoms with E-state index in [0.29, 0.717) is 5.92 Å². The Hall–Kier alpha value is -0.790. The summed E-state index contributed by atoms with van der Waals surface area (Å²) in [5.74, 6) is 1.50. The van der Waals surface area contributed by atoms with E-state index < -0.39 is 0 Å². The van der Waals surface area contributed by atoms with Crippen molar-refractivity contribution in [2.24, 2.45) is 17.3 Å². The number of methoxy groups -OCH3 is 1. The van der Waals surface area contributed by atoms with E-state index in [-0.39, 0.29) is 11.4 Å². The quantitative estimate of drug-likeness (QED) is 0.489. The van der Waals surface area contributed by atoms with Crippen molar-refractivity contribution in [3.63, 3.8) is 0 Å². The summed E-state index contributed by atoms with van der Waals surface area (Å²) in [7, 11) is 1.50. The van der Waals surface area contributed by atoms with Crippen LogP contribution in [0.25, 0.3) is 0 Å². The molecule has 3 atom stereocenters. The lowest BCUT2D eigenvalue weighted by Crippen LogP contribution is -2.38. The molecule has 0 aromatic carbocycles. The lowest BCUT2D eigenvalue weighted by molar-refractivity contribution is -0.155. The van der Waals surface area contributed by atoms with Crippen molar-refractivity contribution >= 4 is 5.97 Å². The molecule has 0 aliphatic heterocycles. The largest absolute Gasteiger partial charge is 0.469 e. The number of hydrogen-bond donors (Lipinski definition) is 0. The van der Waals surface area contributed by atoms with Gasteiger partial charge < -0.3 is 4.74 Å². The van der Waals surface area contributed by atoms with Crippen molar-refractivity contribution < 1.29 is 9.53 Å². The molecular weight excluding hydrogens is 188 g/mol. The van der Waals surface area contributed by atoms with E-state index in [1.807, 2.05) is 0 Å². The van der Waals surface area contributed by atoms with Crippen LogP contribution >= 0.6 is 0 Å². The summed E-state index contributed by atoms with van der Waals surface area (Å²) >= 11 is 0. The van der Waals surface area contributed by atoms with Gasteiger partial charge in [0.25, 0.3) is 0 Å². The maximum atomic E-state index is 11.7. The van der Waals surface area contributed by atoms with Crippen molar-refractivity contribution in [2.75, 3.05) is 7.11 Å². The Labute approximate surface area is 91.7 Å². The van der Waals surface area contributed by atoms with Crippen molar-refractivity contribution in [3.8, 4) is 0 Å². The molecule has 15 heavy (non-hydrogen) atoms. The van der Waals surface area contributed by atoms with E-state index in [0.717, 1.165) is 25.2 Å². The minimum Gasteiger partial charge on any atom is -0.469 e. The third kappa shape index (κ3) is 1.95. The third-order valence-electron chi connectivity index (χ3n) is 4.17. The number of hydrogen-bond acceptors (Lipinski definition) is 2. The highest BCUT2D eigenvalue weighted by Gasteiger charge is 2.43. The first-order valence-electron chi connectivity index (χ1n) is 5.89. The van der Waals surface area contributed by atoms with Crippen LogP contribution in [0.3, 0.4) is 0 Å². The number of esters is 1. The average molecular weight is 208 g/mol. The Kier molecular flexibility index (Phi) is 2.85. The molecule has 3 unspecified atom stereocenters. The Bertz CT molecular complexity index is 282. The molecule has 2 aliphatic carbocycles. The standard InChI is InChI=1S/C13H20O2/c1-13(12(14)15-2)8-7-10-5-3-4-6-11(10)9-13/h3-4,10-11H,5-9H2,1-2H3. The fourth-order valence-corrected chi connectivity index (χ4v) is 3.15. The monoisotopic (exact) mass is 208 g/mol. The fraction of sp³-hybridized carbons (Fsp3) is 0.769. The van der Waals surface area contributed by atoms with Crippen molar-refractivity contribution in [1.29, 1.82) is 0 Å². The Morgan fingerprint density at radius 3 is 2.67 bits per heavy atom. The molecule has 0 N–H and O–H groups in total. The zero-order valence-electron chi connectivity index (χ0n) is 9.66. The van der Waals surface area contributed by atoms with Gasteiger partial charge in [-0.15, -0.1) is 0 Å². The van der Waals surface area contributed by atoms with Gasteiger partial charge in [-0.25, -0.2) is 0 Å². The van der Waals surface area contributed by atoms with Gasteiger partial charge in [-0.3, -0.25) is 4.79 Å². The number of ether oxygens (including phenoxy) is 1. The molecule has 0 bridgehead atoms. The smallest absolute Gasteiger partial charge is 0.311 e. The van der Waals surface area contributed by atoms with Crippen LogP contribution in [0, 0.1) is 17.3 Å². The highest BCUT2D eigenvalue weighted by atomic mass is 16.5. The molecule has 0 radical (unpaired) electrons. The van der Waals surface area contributed by atoms with E-state index in [4.69, 9.17) is 4.74 Å². The van der Waals surface area contributed by atoms with Gasteiger partial charge in [0.2, 0.25) is 0 Å². The second-order valence-electron chi connectivity index (χ2n) is 5.26. The summed E-state index contributed by atoms with van der Waals surface area (Å²) in [6, 6.07) is 0. The maximum Gasteiger partial charge on any atom is 0.311 e. The molecule has 0 spiro atoms. The topological polar surface area (TPSA) is 26.3 Å². The SMILES string of the molecule is COC(=O)C1(C)CCC2CC=CCC2C1. The molecular formula is C13H20O2. The van der Waals surface area contributed by atoms with E-state index in [1.165, 1.54) is 20.0 Å². The second kappa shape index (κ2) is 3.99. The molecule has 0 aromatic rings. The summed E-state index contributed by atoms with van der Waals surface area (Å²) in [5.41, 5.74) is -0.221. The maximum absolute atomic E-state index is 11.7. The summed E-state index contributed by atoms with van der Waals surface area (Å²) in [6.45, 7) is 2.06. The van der Waals surface area contributed by atoms with E-state index >= 15 is 0 Å². The van der Waals surface area contributed by atoms with Gasteiger partial charge in [-0.05, 0) is 50.9 Å². The summed E-state index contributed by atoms with van der Waals surface area (Å²) in [6.07, 6.45) is 10.1. The fourth-order valence-electron chi connectivity index (χ4n) is 3.15. The van der Waals surface area contributed by atoms with E-state index in [9.17, 15) is 4.79 Å². The highest BCUT2D eigenvalue weighted by molar-refractivity contribution is 5.76. The molecule has 0 amide bonds. The van der Waals surface area contributed by atoms with Crippen LogP contribution < -0.4 is 0 Å². The number of fused-ring (bicyclic) bond motifs is 1. The lowest BCUT2D eigenvalue weighted by Gasteiger charge is -2.41. The van der Waals surface area contributed by atoms with Crippen LogP contribution in [-0.4, -0.2) is 13.1 Å². The molecule has 1 fully saturated rings. The Balaban J connectivity index is 2.08. The number of carbonyl (C=O) groups excluding carboxylic acids is 1. The van der Waals surface area contributed by atoms with Crippen molar-refractivity contribution in [2.45, 2.75) is 39.0 Å². The van der Waals surface area contributed by atoms with Crippen LogP contribution in [-0.2, 0) is 9.53 Å². The third-order valence-corrected chi connectivity index (χ3v) is 4.17. The molecule has 0 heterocycles. The average Bonchev–Trinajstić information content (AvgIpc) is 2.27. The molecule has 2 nitrogen and oxygen atoms in total. The van der Waals surface area contributed by atoms with Gasteiger partial charge in [0.15, 0.2) is 0 Å². The molecule has 1 saturated carbocycles. The zero-order valence-corrected chi connectivity index (χ0v) is 9.66. The van der Waals surface area contributed by atoms with Gasteiger partial charge >= 0.3 is 5.97 Å². The van der Waals surface area contributed by atoms with Crippen molar-refractivity contribution in [1.82, 2.24) is 0 Å². The predicted octanol–water partition coefficient (Wildman–Crippen LogP) is 2.93. The van der Waals surface area contributed by atoms with Gasteiger partial charge in [-0.2, -0.15) is 0 Å². The highest BCUT2D eigenvalue weighted by Crippen LogP contribution is 2.47. The predicted molar refractivity (Wildman–Crippen MR) is 59.3 cm³/mol.